The number of nitrogens with zero attached hydrogens (tertiary/aromatic N) is 3. The lowest BCUT2D eigenvalue weighted by Crippen LogP contribution is -2.38. The number of phenolic OH excluding ortho intramolecular Hbond substituents is 1. The standard InChI is InChI=1S/C22H20N4O2S/c27-17-11-5-4-9-15(17)20-19-16(10-6-12-18(19)28)23-21-24-22(25-26(20)21)29-13-14-7-2-1-3-8-14/h1-5,7-11,19-20,27H,6,12-13H2,(H,23,24,25)/t19-,20-/m0/s1. The van der Waals surface area contributed by atoms with Gasteiger partial charge < -0.3 is 10.4 Å². The molecule has 0 fully saturated rings. The molecule has 2 N–H and O–H groups in total. The minimum atomic E-state index is -0.412. The molecule has 1 aromatic heterocycles. The number of hydrogen-bond acceptors (Lipinski definition) is 6. The highest BCUT2D eigenvalue weighted by molar-refractivity contribution is 7.98. The van der Waals surface area contributed by atoms with Crippen molar-refractivity contribution in [3.8, 4) is 5.75 Å². The number of para-hydroxylation sites is 1. The Balaban J connectivity index is 1.54. The Morgan fingerprint density at radius 2 is 1.93 bits per heavy atom. The summed E-state index contributed by atoms with van der Waals surface area (Å²) in [6.45, 7) is 0. The molecule has 6 nitrogen and oxygen atoms in total. The van der Waals surface area contributed by atoms with E-state index >= 15 is 0 Å². The van der Waals surface area contributed by atoms with E-state index in [1.54, 1.807) is 28.6 Å². The number of aromatic hydroxyl groups is 1. The predicted molar refractivity (Wildman–Crippen MR) is 112 cm³/mol. The Bertz CT molecular complexity index is 1090. The third-order valence-corrected chi connectivity index (χ3v) is 6.26. The normalized spacial score (nSPS) is 20.4. The summed E-state index contributed by atoms with van der Waals surface area (Å²) in [7, 11) is 0. The van der Waals surface area contributed by atoms with Gasteiger partial charge in [-0.3, -0.25) is 4.79 Å². The Kier molecular flexibility index (Phi) is 4.60. The largest absolute Gasteiger partial charge is 0.508 e. The van der Waals surface area contributed by atoms with Crippen molar-refractivity contribution in [2.75, 3.05) is 5.32 Å². The minimum Gasteiger partial charge on any atom is -0.508 e. The molecule has 3 aromatic rings. The first-order valence-electron chi connectivity index (χ1n) is 9.61. The zero-order valence-corrected chi connectivity index (χ0v) is 16.5. The fourth-order valence-corrected chi connectivity index (χ4v) is 4.77. The molecule has 0 radical (unpaired) electrons. The second-order valence-electron chi connectivity index (χ2n) is 7.21. The molecule has 29 heavy (non-hydrogen) atoms. The number of ketones is 1. The summed E-state index contributed by atoms with van der Waals surface area (Å²) in [5, 5.41) is 19.2. The fraction of sp³-hybridized carbons (Fsp3) is 0.227. The maximum absolute atomic E-state index is 12.8. The molecule has 2 aliphatic rings. The molecule has 0 saturated carbocycles. The molecule has 0 amide bonds. The number of phenols is 1. The van der Waals surface area contributed by atoms with Crippen molar-refractivity contribution in [1.29, 1.82) is 0 Å². The molecule has 0 unspecified atom stereocenters. The second kappa shape index (κ2) is 7.40. The minimum absolute atomic E-state index is 0.155. The Hall–Kier alpha value is -3.06. The quantitative estimate of drug-likeness (QED) is 0.636. The molecule has 2 atom stereocenters. The van der Waals surface area contributed by atoms with Crippen LogP contribution in [0.5, 0.6) is 5.75 Å². The number of hydrogen-bond donors (Lipinski definition) is 2. The van der Waals surface area contributed by atoms with Gasteiger partial charge in [0.2, 0.25) is 11.1 Å². The Morgan fingerprint density at radius 1 is 1.14 bits per heavy atom. The lowest BCUT2D eigenvalue weighted by molar-refractivity contribution is -0.123. The third-order valence-electron chi connectivity index (χ3n) is 5.35. The van der Waals surface area contributed by atoms with Crippen LogP contribution in [-0.2, 0) is 10.5 Å². The molecule has 7 heteroatoms. The predicted octanol–water partition coefficient (Wildman–Crippen LogP) is 4.15. The molecular formula is C22H20N4O2S. The molecule has 0 spiro atoms. The fourth-order valence-electron chi connectivity index (χ4n) is 3.99. The number of fused-ring (bicyclic) bond motifs is 2. The van der Waals surface area contributed by atoms with Crippen LogP contribution >= 0.6 is 11.8 Å². The van der Waals surface area contributed by atoms with Crippen LogP contribution in [0.4, 0.5) is 5.95 Å². The summed E-state index contributed by atoms with van der Waals surface area (Å²) >= 11 is 1.55. The van der Waals surface area contributed by atoms with E-state index in [9.17, 15) is 9.90 Å². The van der Waals surface area contributed by atoms with Gasteiger partial charge in [0, 0.05) is 23.4 Å². The van der Waals surface area contributed by atoms with Crippen molar-refractivity contribution < 1.29 is 9.90 Å². The average Bonchev–Trinajstić information content (AvgIpc) is 3.15. The summed E-state index contributed by atoms with van der Waals surface area (Å²) < 4.78 is 1.76. The van der Waals surface area contributed by atoms with E-state index in [1.807, 2.05) is 30.3 Å². The molecule has 146 valence electrons. The van der Waals surface area contributed by atoms with Gasteiger partial charge in [0.1, 0.15) is 11.5 Å². The summed E-state index contributed by atoms with van der Waals surface area (Å²) in [6.07, 6.45) is 3.28. The highest BCUT2D eigenvalue weighted by Crippen LogP contribution is 2.44. The van der Waals surface area contributed by atoms with Gasteiger partial charge in [0.15, 0.2) is 0 Å². The Morgan fingerprint density at radius 3 is 2.76 bits per heavy atom. The molecule has 1 aliphatic heterocycles. The van der Waals surface area contributed by atoms with Crippen molar-refractivity contribution in [3.63, 3.8) is 0 Å². The second-order valence-corrected chi connectivity index (χ2v) is 8.15. The smallest absolute Gasteiger partial charge is 0.227 e. The number of allylic oxidation sites excluding steroid dienone is 2. The van der Waals surface area contributed by atoms with Crippen molar-refractivity contribution in [2.24, 2.45) is 5.92 Å². The lowest BCUT2D eigenvalue weighted by atomic mass is 9.80. The molecule has 2 aromatic carbocycles. The van der Waals surface area contributed by atoms with Gasteiger partial charge in [0.05, 0.1) is 12.0 Å². The van der Waals surface area contributed by atoms with Gasteiger partial charge in [-0.1, -0.05) is 66.4 Å². The van der Waals surface area contributed by atoms with Crippen LogP contribution in [0.25, 0.3) is 0 Å². The first-order valence-corrected chi connectivity index (χ1v) is 10.6. The maximum Gasteiger partial charge on any atom is 0.227 e. The van der Waals surface area contributed by atoms with Crippen LogP contribution < -0.4 is 5.32 Å². The topological polar surface area (TPSA) is 80.0 Å². The molecule has 5 rings (SSSR count). The first kappa shape index (κ1) is 18.0. The number of benzene rings is 2. The van der Waals surface area contributed by atoms with Crippen LogP contribution in [0.15, 0.2) is 71.5 Å². The molecule has 0 bridgehead atoms. The van der Waals surface area contributed by atoms with E-state index in [2.05, 4.69) is 28.5 Å². The summed E-state index contributed by atoms with van der Waals surface area (Å²) in [5.74, 6) is 1.29. The average molecular weight is 404 g/mol. The molecule has 2 heterocycles. The Labute approximate surface area is 172 Å². The SMILES string of the molecule is O=C1CCC=C2Nc3nc(SCc4ccccc4)nn3[C@@H](c3ccccc3O)[C@H]12. The van der Waals surface area contributed by atoms with Crippen LogP contribution in [0.2, 0.25) is 0 Å². The number of carbonyl (C=O) groups excluding carboxylic acids is 1. The zero-order chi connectivity index (χ0) is 19.8. The van der Waals surface area contributed by atoms with E-state index < -0.39 is 12.0 Å². The van der Waals surface area contributed by atoms with E-state index in [0.717, 1.165) is 17.9 Å². The highest BCUT2D eigenvalue weighted by atomic mass is 32.2. The number of rotatable bonds is 4. The lowest BCUT2D eigenvalue weighted by Gasteiger charge is -2.36. The van der Waals surface area contributed by atoms with E-state index in [4.69, 9.17) is 5.10 Å². The van der Waals surface area contributed by atoms with E-state index in [1.165, 1.54) is 5.56 Å². The van der Waals surface area contributed by atoms with Crippen LogP contribution in [0, 0.1) is 5.92 Å². The van der Waals surface area contributed by atoms with Crippen LogP contribution in [0.1, 0.15) is 30.0 Å². The van der Waals surface area contributed by atoms with Crippen LogP contribution in [-0.4, -0.2) is 25.7 Å². The van der Waals surface area contributed by atoms with E-state index in [-0.39, 0.29) is 11.5 Å². The molecular weight excluding hydrogens is 384 g/mol. The number of thioether (sulfide) groups is 1. The third kappa shape index (κ3) is 3.31. The summed E-state index contributed by atoms with van der Waals surface area (Å²) in [5.41, 5.74) is 2.74. The number of Topliss-reactive ketones (excluding diaryl/α,β-unsaturated/α-hetero) is 1. The summed E-state index contributed by atoms with van der Waals surface area (Å²) in [4.78, 5) is 17.5. The van der Waals surface area contributed by atoms with E-state index in [0.29, 0.717) is 23.1 Å². The number of aromatic nitrogens is 3. The number of carbonyl (C=O) groups is 1. The van der Waals surface area contributed by atoms with Gasteiger partial charge in [0.25, 0.3) is 0 Å². The van der Waals surface area contributed by atoms with Gasteiger partial charge in [-0.05, 0) is 18.1 Å². The van der Waals surface area contributed by atoms with Gasteiger partial charge in [-0.15, -0.1) is 5.10 Å². The van der Waals surface area contributed by atoms with Crippen molar-refractivity contribution in [2.45, 2.75) is 29.8 Å². The zero-order valence-electron chi connectivity index (χ0n) is 15.7. The van der Waals surface area contributed by atoms with Crippen molar-refractivity contribution in [1.82, 2.24) is 14.8 Å². The van der Waals surface area contributed by atoms with Gasteiger partial charge >= 0.3 is 0 Å². The first-order chi connectivity index (χ1) is 14.2. The summed E-state index contributed by atoms with van der Waals surface area (Å²) in [6, 6.07) is 16.9. The van der Waals surface area contributed by atoms with Gasteiger partial charge in [-0.25, -0.2) is 4.68 Å². The van der Waals surface area contributed by atoms with Crippen molar-refractivity contribution >= 4 is 23.5 Å². The monoisotopic (exact) mass is 404 g/mol. The molecule has 1 aliphatic carbocycles. The number of anilines is 1. The highest BCUT2D eigenvalue weighted by Gasteiger charge is 2.42. The number of nitrogens with one attached hydrogen (secondary N) is 1. The van der Waals surface area contributed by atoms with Crippen molar-refractivity contribution in [3.05, 3.63) is 77.5 Å². The van der Waals surface area contributed by atoms with Crippen LogP contribution in [0.3, 0.4) is 0 Å². The molecule has 0 saturated heterocycles. The van der Waals surface area contributed by atoms with Gasteiger partial charge in [-0.2, -0.15) is 4.98 Å². The maximum atomic E-state index is 12.8.